The van der Waals surface area contributed by atoms with Gasteiger partial charge >= 0.3 is 6.18 Å². The minimum absolute atomic E-state index is 0.0355. The molecule has 0 unspecified atom stereocenters. The highest BCUT2D eigenvalue weighted by Gasteiger charge is 2.33. The van der Waals surface area contributed by atoms with Gasteiger partial charge in [-0.1, -0.05) is 12.1 Å². The number of halogens is 3. The highest BCUT2D eigenvalue weighted by atomic mass is 19.4. The van der Waals surface area contributed by atoms with E-state index in [1.165, 1.54) is 0 Å². The third-order valence-corrected chi connectivity index (χ3v) is 7.49. The Kier molecular flexibility index (Phi) is 7.07. The molecule has 1 amide bonds. The van der Waals surface area contributed by atoms with E-state index in [0.29, 0.717) is 19.0 Å². The number of aromatic nitrogens is 2. The van der Waals surface area contributed by atoms with E-state index in [1.807, 2.05) is 11.1 Å². The zero-order chi connectivity index (χ0) is 24.4. The van der Waals surface area contributed by atoms with Crippen LogP contribution >= 0.6 is 0 Å². The van der Waals surface area contributed by atoms with E-state index < -0.39 is 11.7 Å². The summed E-state index contributed by atoms with van der Waals surface area (Å²) in [6, 6.07) is 5.32. The molecule has 2 saturated heterocycles. The standard InChI is InChI=1S/C26H31F3N4O2/c27-26(28,29)21-5-3-19(4-6-21)23-2-1-10-32(23)17-25(34)33-11-7-20-15-30-24(31-22(20)16-33)14-18-8-12-35-13-9-18/h3-6,15,18,23H,1-2,7-14,16-17H2/t23-/m1/s1. The van der Waals surface area contributed by atoms with Gasteiger partial charge in [-0.15, -0.1) is 0 Å². The van der Waals surface area contributed by atoms with E-state index in [-0.39, 0.29) is 18.5 Å². The smallest absolute Gasteiger partial charge is 0.381 e. The van der Waals surface area contributed by atoms with Crippen LogP contribution in [0, 0.1) is 5.92 Å². The van der Waals surface area contributed by atoms with Crippen molar-refractivity contribution in [3.8, 4) is 0 Å². The molecule has 1 aromatic heterocycles. The van der Waals surface area contributed by atoms with Gasteiger partial charge in [0.05, 0.1) is 24.3 Å². The number of amides is 1. The van der Waals surface area contributed by atoms with Gasteiger partial charge in [0.25, 0.3) is 0 Å². The van der Waals surface area contributed by atoms with E-state index in [1.54, 1.807) is 12.1 Å². The lowest BCUT2D eigenvalue weighted by atomic mass is 9.96. The number of hydrogen-bond donors (Lipinski definition) is 0. The SMILES string of the molecule is O=C(CN1CCC[C@@H]1c1ccc(C(F)(F)F)cc1)N1CCc2cnc(CC3CCOCC3)nc2C1. The van der Waals surface area contributed by atoms with Gasteiger partial charge in [0.15, 0.2) is 0 Å². The van der Waals surface area contributed by atoms with E-state index >= 15 is 0 Å². The van der Waals surface area contributed by atoms with E-state index in [2.05, 4.69) is 9.88 Å². The number of fused-ring (bicyclic) bond motifs is 1. The fourth-order valence-electron chi connectivity index (χ4n) is 5.43. The number of carbonyl (C=O) groups excluding carboxylic acids is 1. The van der Waals surface area contributed by atoms with Crippen molar-refractivity contribution in [2.24, 2.45) is 5.92 Å². The van der Waals surface area contributed by atoms with Gasteiger partial charge in [-0.25, -0.2) is 9.97 Å². The Morgan fingerprint density at radius 3 is 2.60 bits per heavy atom. The summed E-state index contributed by atoms with van der Waals surface area (Å²) in [7, 11) is 0. The maximum Gasteiger partial charge on any atom is 0.416 e. The van der Waals surface area contributed by atoms with E-state index in [0.717, 1.165) is 93.1 Å². The third kappa shape index (κ3) is 5.67. The molecule has 2 aromatic rings. The molecular weight excluding hydrogens is 457 g/mol. The second-order valence-electron chi connectivity index (χ2n) is 9.83. The second kappa shape index (κ2) is 10.2. The molecular formula is C26H31F3N4O2. The lowest BCUT2D eigenvalue weighted by Gasteiger charge is -2.31. The molecule has 1 aromatic carbocycles. The summed E-state index contributed by atoms with van der Waals surface area (Å²) < 4.78 is 44.2. The predicted octanol–water partition coefficient (Wildman–Crippen LogP) is 4.19. The maximum absolute atomic E-state index is 13.2. The van der Waals surface area contributed by atoms with Crippen molar-refractivity contribution in [3.63, 3.8) is 0 Å². The van der Waals surface area contributed by atoms with Crippen LogP contribution in [0.15, 0.2) is 30.5 Å². The molecule has 2 fully saturated rings. The highest BCUT2D eigenvalue weighted by molar-refractivity contribution is 5.78. The molecule has 35 heavy (non-hydrogen) atoms. The quantitative estimate of drug-likeness (QED) is 0.632. The van der Waals surface area contributed by atoms with Crippen molar-refractivity contribution in [2.45, 2.75) is 57.3 Å². The Morgan fingerprint density at radius 2 is 1.86 bits per heavy atom. The van der Waals surface area contributed by atoms with Gasteiger partial charge in [0.2, 0.25) is 5.91 Å². The number of hydrogen-bond acceptors (Lipinski definition) is 5. The number of rotatable bonds is 5. The predicted molar refractivity (Wildman–Crippen MR) is 123 cm³/mol. The molecule has 0 bridgehead atoms. The summed E-state index contributed by atoms with van der Waals surface area (Å²) in [4.78, 5) is 26.5. The molecule has 0 radical (unpaired) electrons. The van der Waals surface area contributed by atoms with Gasteiger partial charge in [-0.3, -0.25) is 9.69 Å². The van der Waals surface area contributed by atoms with Crippen molar-refractivity contribution in [2.75, 3.05) is 32.8 Å². The number of benzene rings is 1. The summed E-state index contributed by atoms with van der Waals surface area (Å²) in [5.74, 6) is 1.42. The Morgan fingerprint density at radius 1 is 1.09 bits per heavy atom. The van der Waals surface area contributed by atoms with Crippen LogP contribution in [0.5, 0.6) is 0 Å². The molecule has 1 atom stereocenters. The molecule has 0 saturated carbocycles. The summed E-state index contributed by atoms with van der Waals surface area (Å²) >= 11 is 0. The van der Waals surface area contributed by atoms with Crippen LogP contribution < -0.4 is 0 Å². The number of likely N-dealkylation sites (tertiary alicyclic amines) is 1. The van der Waals surface area contributed by atoms with Crippen LogP contribution in [0.25, 0.3) is 0 Å². The molecule has 3 aliphatic rings. The van der Waals surface area contributed by atoms with Crippen LogP contribution in [0.4, 0.5) is 13.2 Å². The molecule has 0 N–H and O–H groups in total. The molecule has 5 rings (SSSR count). The molecule has 4 heterocycles. The number of alkyl halides is 3. The lowest BCUT2D eigenvalue weighted by Crippen LogP contribution is -2.43. The van der Waals surface area contributed by atoms with Gasteiger partial charge < -0.3 is 9.64 Å². The van der Waals surface area contributed by atoms with Crippen LogP contribution in [0.1, 0.15) is 59.9 Å². The summed E-state index contributed by atoms with van der Waals surface area (Å²) in [6.45, 7) is 3.73. The first-order valence-electron chi connectivity index (χ1n) is 12.5. The fourth-order valence-corrected chi connectivity index (χ4v) is 5.43. The lowest BCUT2D eigenvalue weighted by molar-refractivity contribution is -0.137. The highest BCUT2D eigenvalue weighted by Crippen LogP contribution is 2.35. The molecule has 6 nitrogen and oxygen atoms in total. The number of ether oxygens (including phenoxy) is 1. The third-order valence-electron chi connectivity index (χ3n) is 7.49. The Hall–Kier alpha value is -2.52. The van der Waals surface area contributed by atoms with Gasteiger partial charge in [-0.05, 0) is 67.8 Å². The number of nitrogens with zero attached hydrogens (tertiary/aromatic N) is 4. The molecule has 3 aliphatic heterocycles. The van der Waals surface area contributed by atoms with Gasteiger partial charge in [0.1, 0.15) is 5.82 Å². The fraction of sp³-hybridized carbons (Fsp3) is 0.577. The Labute approximate surface area is 203 Å². The monoisotopic (exact) mass is 488 g/mol. The van der Waals surface area contributed by atoms with Crippen LogP contribution in [0.3, 0.4) is 0 Å². The summed E-state index contributed by atoms with van der Waals surface area (Å²) in [5.41, 5.74) is 2.22. The zero-order valence-electron chi connectivity index (χ0n) is 19.8. The largest absolute Gasteiger partial charge is 0.416 e. The minimum atomic E-state index is -4.34. The second-order valence-corrected chi connectivity index (χ2v) is 9.83. The molecule has 0 spiro atoms. The van der Waals surface area contributed by atoms with Crippen molar-refractivity contribution in [1.29, 1.82) is 0 Å². The van der Waals surface area contributed by atoms with Crippen molar-refractivity contribution in [3.05, 3.63) is 58.7 Å². The summed E-state index contributed by atoms with van der Waals surface area (Å²) in [6.07, 6.45) is 2.97. The Bertz CT molecular complexity index is 1040. The number of carbonyl (C=O) groups is 1. The average molecular weight is 489 g/mol. The van der Waals surface area contributed by atoms with Crippen LogP contribution in [0.2, 0.25) is 0 Å². The van der Waals surface area contributed by atoms with Crippen molar-refractivity contribution in [1.82, 2.24) is 19.8 Å². The maximum atomic E-state index is 13.2. The zero-order valence-corrected chi connectivity index (χ0v) is 19.8. The molecule has 9 heteroatoms. The van der Waals surface area contributed by atoms with Gasteiger partial charge in [-0.2, -0.15) is 13.2 Å². The molecule has 188 valence electrons. The Balaban J connectivity index is 1.21. The topological polar surface area (TPSA) is 58.6 Å². The van der Waals surface area contributed by atoms with Gasteiger partial charge in [0, 0.05) is 38.4 Å². The van der Waals surface area contributed by atoms with Crippen LogP contribution in [-0.4, -0.2) is 58.5 Å². The normalized spacial score (nSPS) is 21.8. The first kappa shape index (κ1) is 24.2. The van der Waals surface area contributed by atoms with E-state index in [4.69, 9.17) is 9.72 Å². The van der Waals surface area contributed by atoms with Crippen molar-refractivity contribution >= 4 is 5.91 Å². The van der Waals surface area contributed by atoms with Crippen LogP contribution in [-0.2, 0) is 35.1 Å². The van der Waals surface area contributed by atoms with E-state index in [9.17, 15) is 18.0 Å². The molecule has 0 aliphatic carbocycles. The minimum Gasteiger partial charge on any atom is -0.381 e. The first-order valence-corrected chi connectivity index (χ1v) is 12.5. The van der Waals surface area contributed by atoms with Crippen molar-refractivity contribution < 1.29 is 22.7 Å². The average Bonchev–Trinajstić information content (AvgIpc) is 3.32. The summed E-state index contributed by atoms with van der Waals surface area (Å²) in [5, 5.41) is 0. The first-order chi connectivity index (χ1) is 16.9.